The van der Waals surface area contributed by atoms with Gasteiger partial charge in [-0.2, -0.15) is 9.55 Å². The van der Waals surface area contributed by atoms with Gasteiger partial charge in [0.2, 0.25) is 12.6 Å². The minimum atomic E-state index is -1.29. The number of aliphatic hydroxyl groups is 2. The number of aliphatic hydroxyl groups excluding tert-OH is 2. The number of hydrogen-bond acceptors (Lipinski definition) is 5. The fourth-order valence-corrected chi connectivity index (χ4v) is 3.68. The molecule has 0 bridgehead atoms. The summed E-state index contributed by atoms with van der Waals surface area (Å²) in [7, 11) is 0. The molecule has 1 saturated heterocycles. The van der Waals surface area contributed by atoms with Crippen LogP contribution in [-0.2, 0) is 11.3 Å². The van der Waals surface area contributed by atoms with E-state index in [-0.39, 0.29) is 0 Å². The number of hydrogen-bond donors (Lipinski definition) is 3. The molecule has 0 saturated carbocycles. The third kappa shape index (κ3) is 4.79. The van der Waals surface area contributed by atoms with Crippen molar-refractivity contribution in [1.29, 1.82) is 0 Å². The van der Waals surface area contributed by atoms with Crippen molar-refractivity contribution in [3.8, 4) is 0 Å². The second-order valence-corrected chi connectivity index (χ2v) is 11.3. The average Bonchev–Trinajstić information content (AvgIpc) is 2.80. The largest absolute Gasteiger partial charge is 0.448 e. The molecule has 2 heterocycles. The van der Waals surface area contributed by atoms with E-state index in [1.54, 1.807) is 6.08 Å². The highest BCUT2D eigenvalue weighted by Gasteiger charge is 2.46. The smallest absolute Gasteiger partial charge is 0.387 e. The molecule has 0 amide bonds. The molecule has 1 aromatic heterocycles. The summed E-state index contributed by atoms with van der Waals surface area (Å²) in [5.74, 6) is 0. The molecule has 1 aliphatic rings. The maximum absolute atomic E-state index is 12.1. The first kappa shape index (κ1) is 19.8. The number of allylic oxidation sites excluding steroid dienone is 1. The maximum atomic E-state index is 12.1. The molecule has 0 unspecified atom stereocenters. The van der Waals surface area contributed by atoms with Gasteiger partial charge in [-0.15, -0.1) is 19.8 Å². The van der Waals surface area contributed by atoms with Crippen molar-refractivity contribution in [3.63, 3.8) is 0 Å². The molecule has 0 radical (unpaired) electrons. The Morgan fingerprint density at radius 3 is 2.68 bits per heavy atom. The van der Waals surface area contributed by atoms with E-state index in [1.165, 1.54) is 10.9 Å². The van der Waals surface area contributed by atoms with Crippen LogP contribution in [-0.4, -0.2) is 63.9 Å². The lowest BCUT2D eigenvalue weighted by Gasteiger charge is -2.18. The lowest BCUT2D eigenvalue weighted by atomic mass is 10.1. The lowest BCUT2D eigenvalue weighted by molar-refractivity contribution is -0.718. The zero-order valence-electron chi connectivity index (χ0n) is 14.7. The van der Waals surface area contributed by atoms with E-state index in [4.69, 9.17) is 4.74 Å². The van der Waals surface area contributed by atoms with Crippen LogP contribution in [0.1, 0.15) is 19.1 Å². The van der Waals surface area contributed by atoms with Crippen LogP contribution in [0, 0.1) is 0 Å². The van der Waals surface area contributed by atoms with Crippen molar-refractivity contribution in [2.24, 2.45) is 0 Å². The second kappa shape index (κ2) is 7.83. The van der Waals surface area contributed by atoms with E-state index in [2.05, 4.69) is 31.2 Å². The molecule has 140 valence electrons. The molecule has 4 atom stereocenters. The van der Waals surface area contributed by atoms with Gasteiger partial charge in [0.1, 0.15) is 12.2 Å². The molecule has 9 heteroatoms. The van der Waals surface area contributed by atoms with Gasteiger partial charge in [0.25, 0.3) is 0 Å². The number of nitrogens with zero attached hydrogens (tertiary/aromatic N) is 2. The van der Waals surface area contributed by atoms with Crippen LogP contribution in [0.4, 0.5) is 0 Å². The van der Waals surface area contributed by atoms with Gasteiger partial charge in [-0.05, 0) is 32.3 Å². The molecular weight excluding hydrogens is 345 g/mol. The van der Waals surface area contributed by atoms with Crippen LogP contribution in [0.5, 0.6) is 0 Å². The van der Waals surface area contributed by atoms with Crippen molar-refractivity contribution in [3.05, 3.63) is 40.0 Å². The number of nitrogens with one attached hydrogen (secondary N) is 1. The Morgan fingerprint density at radius 1 is 1.40 bits per heavy atom. The highest BCUT2D eigenvalue weighted by atomic mass is 31.2. The Balaban J connectivity index is 2.26. The monoisotopic (exact) mass is 372 g/mol. The van der Waals surface area contributed by atoms with Crippen LogP contribution < -0.4 is 15.9 Å². The van der Waals surface area contributed by atoms with Crippen molar-refractivity contribution >= 4 is 13.2 Å². The van der Waals surface area contributed by atoms with Crippen LogP contribution >= 0.6 is 6.89 Å². The summed E-state index contributed by atoms with van der Waals surface area (Å²) in [6, 6.07) is 0. The quantitative estimate of drug-likeness (QED) is 0.327. The zero-order valence-corrected chi connectivity index (χ0v) is 15.6. The number of aromatic amines is 1. The van der Waals surface area contributed by atoms with Crippen LogP contribution in [0.3, 0.4) is 0 Å². The van der Waals surface area contributed by atoms with E-state index >= 15 is 0 Å². The van der Waals surface area contributed by atoms with Crippen molar-refractivity contribution in [2.75, 3.05) is 19.5 Å². The van der Waals surface area contributed by atoms with Gasteiger partial charge < -0.3 is 14.9 Å². The second-order valence-electron chi connectivity index (χ2n) is 7.02. The van der Waals surface area contributed by atoms with E-state index in [0.717, 1.165) is 10.7 Å². The molecule has 1 aromatic rings. The fourth-order valence-electron chi connectivity index (χ4n) is 2.73. The van der Waals surface area contributed by atoms with Crippen LogP contribution in [0.15, 0.2) is 28.6 Å². The average molecular weight is 372 g/mol. The predicted octanol–water partition coefficient (Wildman–Crippen LogP) is -0.881. The minimum absolute atomic E-state index is 0.341. The standard InChI is InChI=1S/C16H26N3O5P/c1-5-6-8-18-10-19(16(23)17-15(18)22)14-13(21)12(20)11(24-14)7-9-25(2,3)4/h5,10-14,20-21H,1-2,6-9H2,3-4H3/p+1/t11-,12-,13-,14-/m1/s1. The number of aryl methyl sites for hydroxylation is 1. The summed E-state index contributed by atoms with van der Waals surface area (Å²) in [5, 5.41) is 20.6. The molecule has 0 spiro atoms. The lowest BCUT2D eigenvalue weighted by Crippen LogP contribution is -2.57. The summed E-state index contributed by atoms with van der Waals surface area (Å²) in [6.45, 7) is 6.81. The topological polar surface area (TPSA) is 108 Å². The first-order valence-corrected chi connectivity index (χ1v) is 11.2. The highest BCUT2D eigenvalue weighted by Crippen LogP contribution is 2.39. The summed E-state index contributed by atoms with van der Waals surface area (Å²) in [6.07, 6.45) is 5.00. The summed E-state index contributed by atoms with van der Waals surface area (Å²) in [5.41, 5.74) is -1.24. The Hall–Kier alpha value is -1.47. The molecule has 25 heavy (non-hydrogen) atoms. The van der Waals surface area contributed by atoms with E-state index in [0.29, 0.717) is 19.4 Å². The Labute approximate surface area is 146 Å². The maximum Gasteiger partial charge on any atom is 0.448 e. The molecule has 1 fully saturated rings. The molecule has 8 nitrogen and oxygen atoms in total. The molecule has 0 aromatic carbocycles. The van der Waals surface area contributed by atoms with Gasteiger partial charge in [0.05, 0.1) is 12.6 Å². The zero-order chi connectivity index (χ0) is 18.8. The summed E-state index contributed by atoms with van der Waals surface area (Å²) >= 11 is 0. The minimum Gasteiger partial charge on any atom is -0.387 e. The van der Waals surface area contributed by atoms with E-state index in [9.17, 15) is 19.8 Å². The number of rotatable bonds is 7. The third-order valence-electron chi connectivity index (χ3n) is 4.18. The van der Waals surface area contributed by atoms with Crippen LogP contribution in [0.25, 0.3) is 0 Å². The SMILES string of the molecule is C=CCC[n+]1cn([C@@H]2O[C@H](CCP(=C)(C)C)[C@@H](O)[C@H]2O)c(=O)[nH]c1=O. The Bertz CT molecular complexity index is 781. The van der Waals surface area contributed by atoms with E-state index in [1.807, 2.05) is 0 Å². The fraction of sp³-hybridized carbons (Fsp3) is 0.625. The van der Waals surface area contributed by atoms with Crippen LogP contribution in [0.2, 0.25) is 0 Å². The number of ether oxygens (including phenoxy) is 1. The van der Waals surface area contributed by atoms with Gasteiger partial charge in [0, 0.05) is 0 Å². The molecule has 2 rings (SSSR count). The van der Waals surface area contributed by atoms with E-state index < -0.39 is 42.8 Å². The van der Waals surface area contributed by atoms with Crippen molar-refractivity contribution in [1.82, 2.24) is 9.55 Å². The van der Waals surface area contributed by atoms with Gasteiger partial charge in [0.15, 0.2) is 0 Å². The third-order valence-corrected chi connectivity index (χ3v) is 5.65. The summed E-state index contributed by atoms with van der Waals surface area (Å²) < 4.78 is 8.17. The predicted molar refractivity (Wildman–Crippen MR) is 97.6 cm³/mol. The van der Waals surface area contributed by atoms with Crippen molar-refractivity contribution in [2.45, 2.75) is 43.9 Å². The van der Waals surface area contributed by atoms with Gasteiger partial charge in [-0.25, -0.2) is 14.2 Å². The van der Waals surface area contributed by atoms with Gasteiger partial charge in [-0.3, -0.25) is 0 Å². The number of H-pyrrole nitrogens is 1. The molecule has 0 aliphatic carbocycles. The summed E-state index contributed by atoms with van der Waals surface area (Å²) in [4.78, 5) is 26.2. The highest BCUT2D eigenvalue weighted by molar-refractivity contribution is 7.72. The van der Waals surface area contributed by atoms with Crippen molar-refractivity contribution < 1.29 is 19.5 Å². The first-order chi connectivity index (χ1) is 11.6. The molecular formula is C16H27N3O5P+. The Kier molecular flexibility index (Phi) is 6.21. The van der Waals surface area contributed by atoms with Gasteiger partial charge in [-0.1, -0.05) is 6.08 Å². The normalized spacial score (nSPS) is 26.7. The molecule has 3 N–H and O–H groups in total. The molecule has 1 aliphatic heterocycles. The Morgan fingerprint density at radius 2 is 2.08 bits per heavy atom. The van der Waals surface area contributed by atoms with Gasteiger partial charge >= 0.3 is 11.4 Å². The number of aromatic nitrogens is 3. The first-order valence-electron chi connectivity index (χ1n) is 8.19.